The molecule has 0 amide bonds. The second kappa shape index (κ2) is 4.80. The maximum atomic E-state index is 11.3. The Hall–Kier alpha value is -0.130. The molecule has 0 aromatic carbocycles. The third kappa shape index (κ3) is 3.43. The Bertz CT molecular complexity index is 297. The molecule has 0 aromatic heterocycles. The lowest BCUT2D eigenvalue weighted by Crippen LogP contribution is -2.44. The second-order valence-electron chi connectivity index (χ2n) is 4.65. The minimum atomic E-state index is -2.68. The van der Waals surface area contributed by atoms with Crippen molar-refractivity contribution >= 4 is 9.84 Å². The highest BCUT2D eigenvalue weighted by Gasteiger charge is 2.27. The van der Waals surface area contributed by atoms with Crippen LogP contribution in [0.3, 0.4) is 0 Å². The molecule has 2 saturated heterocycles. The largest absolute Gasteiger partial charge is 0.314 e. The van der Waals surface area contributed by atoms with Crippen LogP contribution in [-0.2, 0) is 9.84 Å². The van der Waals surface area contributed by atoms with Gasteiger partial charge >= 0.3 is 0 Å². The Labute approximate surface area is 91.9 Å². The van der Waals surface area contributed by atoms with Crippen molar-refractivity contribution in [3.8, 4) is 0 Å². The molecule has 2 heterocycles. The van der Waals surface area contributed by atoms with E-state index in [1.807, 2.05) is 0 Å². The summed E-state index contributed by atoms with van der Waals surface area (Å²) in [5, 5.41) is 3.32. The highest BCUT2D eigenvalue weighted by atomic mass is 32.2. The van der Waals surface area contributed by atoms with Gasteiger partial charge in [0.05, 0.1) is 11.5 Å². The van der Waals surface area contributed by atoms with Crippen LogP contribution in [0.1, 0.15) is 12.8 Å². The van der Waals surface area contributed by atoms with Gasteiger partial charge in [-0.1, -0.05) is 0 Å². The number of hydrogen-bond donors (Lipinski definition) is 1. The van der Waals surface area contributed by atoms with Crippen LogP contribution in [0.5, 0.6) is 0 Å². The van der Waals surface area contributed by atoms with Gasteiger partial charge < -0.3 is 10.2 Å². The number of rotatable bonds is 3. The van der Waals surface area contributed by atoms with E-state index in [9.17, 15) is 8.42 Å². The Morgan fingerprint density at radius 3 is 2.60 bits per heavy atom. The molecule has 4 nitrogen and oxygen atoms in total. The van der Waals surface area contributed by atoms with Crippen molar-refractivity contribution in [2.45, 2.75) is 12.8 Å². The van der Waals surface area contributed by atoms with Gasteiger partial charge in [-0.15, -0.1) is 0 Å². The predicted octanol–water partition coefficient (Wildman–Crippen LogP) is -0.284. The molecule has 0 radical (unpaired) electrons. The smallest absolute Gasteiger partial charge is 0.150 e. The fourth-order valence-electron chi connectivity index (χ4n) is 2.40. The van der Waals surface area contributed by atoms with Crippen LogP contribution >= 0.6 is 0 Å². The average Bonchev–Trinajstić information content (AvgIpc) is 2.57. The number of nitrogens with one attached hydrogen (secondary N) is 1. The lowest BCUT2D eigenvalue weighted by atomic mass is 10.1. The molecule has 88 valence electrons. The van der Waals surface area contributed by atoms with Crippen molar-refractivity contribution in [3.63, 3.8) is 0 Å². The maximum Gasteiger partial charge on any atom is 0.150 e. The van der Waals surface area contributed by atoms with Crippen LogP contribution in [0.15, 0.2) is 0 Å². The predicted molar refractivity (Wildman–Crippen MR) is 60.7 cm³/mol. The fourth-order valence-corrected chi connectivity index (χ4v) is 4.31. The van der Waals surface area contributed by atoms with Crippen LogP contribution in [0.25, 0.3) is 0 Å². The van der Waals surface area contributed by atoms with Crippen molar-refractivity contribution in [1.82, 2.24) is 10.2 Å². The summed E-state index contributed by atoms with van der Waals surface area (Å²) in [5.41, 5.74) is 0. The van der Waals surface area contributed by atoms with Crippen molar-refractivity contribution in [1.29, 1.82) is 0 Å². The quantitative estimate of drug-likeness (QED) is 0.727. The van der Waals surface area contributed by atoms with Crippen molar-refractivity contribution in [2.24, 2.45) is 5.92 Å². The van der Waals surface area contributed by atoms with Gasteiger partial charge in [-0.25, -0.2) is 8.42 Å². The summed E-state index contributed by atoms with van der Waals surface area (Å²) in [7, 11) is -2.68. The lowest BCUT2D eigenvalue weighted by Gasteiger charge is -2.27. The van der Waals surface area contributed by atoms with Gasteiger partial charge in [-0.3, -0.25) is 0 Å². The van der Waals surface area contributed by atoms with E-state index in [1.54, 1.807) is 0 Å². The summed E-state index contributed by atoms with van der Waals surface area (Å²) in [6, 6.07) is 0. The van der Waals surface area contributed by atoms with E-state index in [-0.39, 0.29) is 0 Å². The molecule has 5 heteroatoms. The zero-order chi connectivity index (χ0) is 10.7. The molecule has 2 rings (SSSR count). The highest BCUT2D eigenvalue weighted by molar-refractivity contribution is 7.91. The van der Waals surface area contributed by atoms with Crippen molar-refractivity contribution in [3.05, 3.63) is 0 Å². The van der Waals surface area contributed by atoms with Gasteiger partial charge in [0.2, 0.25) is 0 Å². The first kappa shape index (κ1) is 11.4. The molecular formula is C10H20N2O2S. The maximum absolute atomic E-state index is 11.3. The Balaban J connectivity index is 1.70. The molecule has 1 N–H and O–H groups in total. The molecule has 2 aliphatic heterocycles. The normalized spacial score (nSPS) is 31.9. The molecule has 0 bridgehead atoms. The summed E-state index contributed by atoms with van der Waals surface area (Å²) < 4.78 is 22.5. The summed E-state index contributed by atoms with van der Waals surface area (Å²) in [4.78, 5) is 2.43. The number of nitrogens with zero attached hydrogens (tertiary/aromatic N) is 1. The molecule has 0 aliphatic carbocycles. The molecule has 0 spiro atoms. The summed E-state index contributed by atoms with van der Waals surface area (Å²) >= 11 is 0. The number of sulfone groups is 1. The van der Waals surface area contributed by atoms with Crippen molar-refractivity contribution in [2.75, 3.05) is 44.2 Å². The molecule has 15 heavy (non-hydrogen) atoms. The van der Waals surface area contributed by atoms with E-state index in [0.717, 1.165) is 45.6 Å². The topological polar surface area (TPSA) is 49.4 Å². The molecule has 1 unspecified atom stereocenters. The van der Waals surface area contributed by atoms with E-state index < -0.39 is 9.84 Å². The number of piperazine rings is 1. The first-order valence-corrected chi connectivity index (χ1v) is 7.61. The van der Waals surface area contributed by atoms with E-state index in [1.165, 1.54) is 0 Å². The van der Waals surface area contributed by atoms with Gasteiger partial charge in [0, 0.05) is 26.2 Å². The lowest BCUT2D eigenvalue weighted by molar-refractivity contribution is 0.227. The fraction of sp³-hybridized carbons (Fsp3) is 1.00. The molecule has 1 atom stereocenters. The average molecular weight is 232 g/mol. The Morgan fingerprint density at radius 1 is 1.27 bits per heavy atom. The summed E-state index contributed by atoms with van der Waals surface area (Å²) in [6.07, 6.45) is 1.94. The van der Waals surface area contributed by atoms with Crippen molar-refractivity contribution < 1.29 is 8.42 Å². The van der Waals surface area contributed by atoms with Crippen LogP contribution in [0.4, 0.5) is 0 Å². The minimum Gasteiger partial charge on any atom is -0.314 e. The third-order valence-corrected chi connectivity index (χ3v) is 5.23. The van der Waals surface area contributed by atoms with Crippen LogP contribution in [-0.4, -0.2) is 57.5 Å². The van der Waals surface area contributed by atoms with E-state index >= 15 is 0 Å². The number of hydrogen-bond acceptors (Lipinski definition) is 4. The zero-order valence-electron chi connectivity index (χ0n) is 9.11. The SMILES string of the molecule is O=S1(=O)CCC(CCN2CCNCC2)C1. The van der Waals surface area contributed by atoms with Gasteiger partial charge in [0.1, 0.15) is 0 Å². The highest BCUT2D eigenvalue weighted by Crippen LogP contribution is 2.21. The van der Waals surface area contributed by atoms with Gasteiger partial charge in [-0.05, 0) is 25.3 Å². The monoisotopic (exact) mass is 232 g/mol. The van der Waals surface area contributed by atoms with E-state index in [2.05, 4.69) is 10.2 Å². The molecule has 0 aromatic rings. The summed E-state index contributed by atoms with van der Waals surface area (Å²) in [5.74, 6) is 1.27. The minimum absolute atomic E-state index is 0.416. The van der Waals surface area contributed by atoms with Crippen LogP contribution in [0, 0.1) is 5.92 Å². The molecule has 2 aliphatic rings. The van der Waals surface area contributed by atoms with Gasteiger partial charge in [-0.2, -0.15) is 0 Å². The first-order chi connectivity index (χ1) is 7.16. The van der Waals surface area contributed by atoms with Crippen LogP contribution < -0.4 is 5.32 Å². The second-order valence-corrected chi connectivity index (χ2v) is 6.88. The van der Waals surface area contributed by atoms with E-state index in [0.29, 0.717) is 17.4 Å². The first-order valence-electron chi connectivity index (χ1n) is 5.79. The standard InChI is InChI=1S/C10H20N2O2S/c13-15(14)8-2-10(9-15)1-5-12-6-3-11-4-7-12/h10-11H,1-9H2. The molecule has 2 fully saturated rings. The summed E-state index contributed by atoms with van der Waals surface area (Å²) in [6.45, 7) is 5.44. The molecule has 0 saturated carbocycles. The van der Waals surface area contributed by atoms with Crippen LogP contribution in [0.2, 0.25) is 0 Å². The van der Waals surface area contributed by atoms with Gasteiger partial charge in [0.25, 0.3) is 0 Å². The Morgan fingerprint density at radius 2 is 2.00 bits per heavy atom. The zero-order valence-corrected chi connectivity index (χ0v) is 9.93. The van der Waals surface area contributed by atoms with Gasteiger partial charge in [0.15, 0.2) is 9.84 Å². The molecular weight excluding hydrogens is 212 g/mol. The third-order valence-electron chi connectivity index (χ3n) is 3.39. The van der Waals surface area contributed by atoms with E-state index in [4.69, 9.17) is 0 Å². The Kier molecular flexibility index (Phi) is 3.64.